The molecule has 272 valence electrons. The van der Waals surface area contributed by atoms with Crippen LogP contribution in [0.15, 0.2) is 72.8 Å². The second-order valence-corrected chi connectivity index (χ2v) is 18.5. The predicted octanol–water partition coefficient (Wildman–Crippen LogP) is 10.3. The smallest absolute Gasteiger partial charge is 0.258 e. The molecule has 0 aromatic heterocycles. The summed E-state index contributed by atoms with van der Waals surface area (Å²) >= 11 is 0. The summed E-state index contributed by atoms with van der Waals surface area (Å²) in [5.41, 5.74) is 0. The number of unbranched alkanes of at least 4 members (excludes halogenated alkanes) is 16. The Morgan fingerprint density at radius 3 is 1.44 bits per heavy atom. The largest absolute Gasteiger partial charge is 0.424 e. The molecule has 1 unspecified atom stereocenters. The highest BCUT2D eigenvalue weighted by atomic mass is 28.4. The average Bonchev–Trinajstić information content (AvgIpc) is 3.10. The number of hydrogen-bond acceptors (Lipinski definition) is 4. The van der Waals surface area contributed by atoms with E-state index in [1.807, 2.05) is 36.4 Å². The Bertz CT molecular complexity index is 986. The fraction of sp³-hybridized carbons (Fsp3) is 0.674. The van der Waals surface area contributed by atoms with Crippen LogP contribution in [0.2, 0.25) is 5.04 Å². The van der Waals surface area contributed by atoms with Crippen LogP contribution in [0.25, 0.3) is 0 Å². The van der Waals surface area contributed by atoms with Gasteiger partial charge in [0.15, 0.2) is 0 Å². The second-order valence-electron chi connectivity index (χ2n) is 14.6. The van der Waals surface area contributed by atoms with Gasteiger partial charge in [-0.05, 0) is 60.4 Å². The summed E-state index contributed by atoms with van der Waals surface area (Å²) in [5, 5.41) is 12.2. The Hall–Kier alpha value is -1.76. The molecule has 0 heterocycles. The van der Waals surface area contributed by atoms with Crippen LogP contribution < -0.4 is 10.4 Å². The van der Waals surface area contributed by atoms with Crippen molar-refractivity contribution in [2.75, 3.05) is 26.4 Å². The SMILES string of the molecule is CCCCCCCC/C=C\CCCCCCCCOCC(O)COCCCCCCCC(C)(C)[Si](O)(c1ccccc1)c1ccccc1. The first-order valence-corrected chi connectivity index (χ1v) is 21.7. The molecule has 5 heteroatoms. The Balaban J connectivity index is 1.40. The molecule has 0 spiro atoms. The zero-order chi connectivity index (χ0) is 34.6. The van der Waals surface area contributed by atoms with E-state index in [-0.39, 0.29) is 5.04 Å². The molecule has 2 N–H and O–H groups in total. The van der Waals surface area contributed by atoms with Crippen molar-refractivity contribution in [3.05, 3.63) is 72.8 Å². The highest BCUT2D eigenvalue weighted by Crippen LogP contribution is 2.40. The molecule has 0 fully saturated rings. The maximum Gasteiger partial charge on any atom is 0.258 e. The lowest BCUT2D eigenvalue weighted by Gasteiger charge is -2.41. The minimum absolute atomic E-state index is 0.180. The molecule has 0 amide bonds. The summed E-state index contributed by atoms with van der Waals surface area (Å²) in [4.78, 5) is 12.3. The molecule has 0 bridgehead atoms. The first-order chi connectivity index (χ1) is 23.4. The minimum atomic E-state index is -2.91. The molecular formula is C43H72O4Si. The third kappa shape index (κ3) is 17.8. The van der Waals surface area contributed by atoms with E-state index in [0.29, 0.717) is 19.8 Å². The summed E-state index contributed by atoms with van der Waals surface area (Å²) in [7, 11) is -2.91. The van der Waals surface area contributed by atoms with Gasteiger partial charge in [0.05, 0.1) is 13.2 Å². The van der Waals surface area contributed by atoms with Gasteiger partial charge >= 0.3 is 0 Å². The van der Waals surface area contributed by atoms with E-state index >= 15 is 0 Å². The van der Waals surface area contributed by atoms with Crippen LogP contribution in [-0.4, -0.2) is 50.8 Å². The monoisotopic (exact) mass is 681 g/mol. The highest BCUT2D eigenvalue weighted by Gasteiger charge is 2.49. The van der Waals surface area contributed by atoms with Gasteiger partial charge in [-0.15, -0.1) is 0 Å². The molecule has 0 aliphatic rings. The first-order valence-electron chi connectivity index (χ1n) is 19.7. The van der Waals surface area contributed by atoms with E-state index in [0.717, 1.165) is 61.9 Å². The summed E-state index contributed by atoms with van der Waals surface area (Å²) in [6, 6.07) is 20.6. The van der Waals surface area contributed by atoms with Crippen molar-refractivity contribution in [2.45, 2.75) is 160 Å². The van der Waals surface area contributed by atoms with E-state index in [2.05, 4.69) is 57.2 Å². The number of aliphatic hydroxyl groups is 1. The zero-order valence-electron chi connectivity index (χ0n) is 31.2. The second kappa shape index (κ2) is 27.0. The Morgan fingerprint density at radius 1 is 0.583 bits per heavy atom. The summed E-state index contributed by atoms with van der Waals surface area (Å²) in [5.74, 6) is 0. The maximum absolute atomic E-state index is 12.3. The number of ether oxygens (including phenoxy) is 2. The van der Waals surface area contributed by atoms with Gasteiger partial charge in [-0.25, -0.2) is 0 Å². The minimum Gasteiger partial charge on any atom is -0.424 e. The van der Waals surface area contributed by atoms with E-state index in [1.165, 1.54) is 83.5 Å². The lowest BCUT2D eigenvalue weighted by atomic mass is 10.0. The fourth-order valence-corrected chi connectivity index (χ4v) is 10.5. The molecule has 1 atom stereocenters. The van der Waals surface area contributed by atoms with Gasteiger partial charge in [-0.1, -0.05) is 177 Å². The van der Waals surface area contributed by atoms with Crippen molar-refractivity contribution in [3.63, 3.8) is 0 Å². The molecule has 0 saturated heterocycles. The van der Waals surface area contributed by atoms with Crippen molar-refractivity contribution < 1.29 is 19.4 Å². The van der Waals surface area contributed by atoms with Crippen LogP contribution in [0.4, 0.5) is 0 Å². The molecule has 2 aromatic carbocycles. The highest BCUT2D eigenvalue weighted by molar-refractivity contribution is 6.98. The molecule has 0 radical (unpaired) electrons. The van der Waals surface area contributed by atoms with Crippen molar-refractivity contribution in [2.24, 2.45) is 0 Å². The number of benzene rings is 2. The average molecular weight is 681 g/mol. The number of allylic oxidation sites excluding steroid dienone is 2. The van der Waals surface area contributed by atoms with E-state index < -0.39 is 14.4 Å². The van der Waals surface area contributed by atoms with Crippen LogP contribution in [0.1, 0.15) is 149 Å². The number of rotatable bonds is 31. The molecule has 0 aliphatic heterocycles. The zero-order valence-corrected chi connectivity index (χ0v) is 32.2. The van der Waals surface area contributed by atoms with Gasteiger partial charge in [0, 0.05) is 13.2 Å². The van der Waals surface area contributed by atoms with Gasteiger partial charge in [-0.2, -0.15) is 0 Å². The predicted molar refractivity (Wildman–Crippen MR) is 209 cm³/mol. The van der Waals surface area contributed by atoms with Crippen molar-refractivity contribution in [1.29, 1.82) is 0 Å². The van der Waals surface area contributed by atoms with Crippen molar-refractivity contribution in [3.8, 4) is 0 Å². The van der Waals surface area contributed by atoms with E-state index in [1.54, 1.807) is 0 Å². The summed E-state index contributed by atoms with van der Waals surface area (Å²) < 4.78 is 11.4. The Morgan fingerprint density at radius 2 is 0.979 bits per heavy atom. The van der Waals surface area contributed by atoms with Gasteiger partial charge < -0.3 is 19.4 Å². The van der Waals surface area contributed by atoms with Gasteiger partial charge in [0.2, 0.25) is 0 Å². The molecule has 0 saturated carbocycles. The topological polar surface area (TPSA) is 58.9 Å². The summed E-state index contributed by atoms with van der Waals surface area (Å²) in [6.07, 6.45) is 29.1. The first kappa shape index (κ1) is 42.4. The maximum atomic E-state index is 12.3. The standard InChI is InChI=1S/C43H72O4Si/c1-4-5-6-7-8-9-10-11-12-13-14-15-16-17-20-29-36-46-38-40(44)39-47-37-30-21-18-19-28-35-43(2,3)48(45,41-31-24-22-25-32-41)42-33-26-23-27-34-42/h11-12,22-27,31-34,40,44-45H,4-10,13-21,28-30,35-39H2,1-3H3/b12-11-. The molecule has 0 aliphatic carbocycles. The number of hydrogen-bond donors (Lipinski definition) is 2. The van der Waals surface area contributed by atoms with E-state index in [4.69, 9.17) is 9.47 Å². The van der Waals surface area contributed by atoms with Crippen LogP contribution in [0.5, 0.6) is 0 Å². The lowest BCUT2D eigenvalue weighted by molar-refractivity contribution is -0.0201. The lowest BCUT2D eigenvalue weighted by Crippen LogP contribution is -2.65. The van der Waals surface area contributed by atoms with Crippen LogP contribution in [0, 0.1) is 0 Å². The Kier molecular flexibility index (Phi) is 23.9. The van der Waals surface area contributed by atoms with Gasteiger partial charge in [0.25, 0.3) is 8.32 Å². The molecular weight excluding hydrogens is 609 g/mol. The van der Waals surface area contributed by atoms with E-state index in [9.17, 15) is 9.90 Å². The van der Waals surface area contributed by atoms with Crippen molar-refractivity contribution in [1.82, 2.24) is 0 Å². The quantitative estimate of drug-likeness (QED) is 0.0473. The fourth-order valence-electron chi connectivity index (χ4n) is 6.73. The van der Waals surface area contributed by atoms with Crippen LogP contribution in [-0.2, 0) is 9.47 Å². The van der Waals surface area contributed by atoms with Crippen LogP contribution in [0.3, 0.4) is 0 Å². The third-order valence-corrected chi connectivity index (χ3v) is 14.4. The molecule has 2 rings (SSSR count). The van der Waals surface area contributed by atoms with Crippen molar-refractivity contribution >= 4 is 18.7 Å². The molecule has 2 aromatic rings. The number of aliphatic hydroxyl groups excluding tert-OH is 1. The van der Waals surface area contributed by atoms with Gasteiger partial charge in [-0.3, -0.25) is 0 Å². The Labute approximate surface area is 296 Å². The molecule has 48 heavy (non-hydrogen) atoms. The van der Waals surface area contributed by atoms with Gasteiger partial charge in [0.1, 0.15) is 6.10 Å². The normalized spacial score (nSPS) is 13.0. The molecule has 4 nitrogen and oxygen atoms in total. The van der Waals surface area contributed by atoms with Crippen LogP contribution >= 0.6 is 0 Å². The third-order valence-electron chi connectivity index (χ3n) is 9.87. The summed E-state index contributed by atoms with van der Waals surface area (Å²) in [6.45, 7) is 8.91.